The zero-order chi connectivity index (χ0) is 19.4. The molecule has 1 fully saturated rings. The van der Waals surface area contributed by atoms with Crippen molar-refractivity contribution in [1.82, 2.24) is 9.47 Å². The molecule has 1 saturated heterocycles. The highest BCUT2D eigenvalue weighted by Gasteiger charge is 2.31. The maximum atomic E-state index is 13.0. The molecular weight excluding hydrogens is 340 g/mol. The number of carbonyl (C=O) groups is 2. The Labute approximate surface area is 163 Å². The van der Waals surface area contributed by atoms with E-state index in [4.69, 9.17) is 4.74 Å². The van der Waals surface area contributed by atoms with Crippen molar-refractivity contribution in [2.24, 2.45) is 5.92 Å². The Bertz CT molecular complexity index is 690. The highest BCUT2D eigenvalue weighted by molar-refractivity contribution is 6.01. The highest BCUT2D eigenvalue weighted by atomic mass is 16.5. The lowest BCUT2D eigenvalue weighted by molar-refractivity contribution is -0.132. The van der Waals surface area contributed by atoms with Crippen molar-refractivity contribution in [2.75, 3.05) is 26.8 Å². The molecular formula is C22H34N2O3. The number of unbranched alkanes of at least 4 members (excludes halogenated alkanes) is 1. The van der Waals surface area contributed by atoms with Crippen molar-refractivity contribution in [2.45, 2.75) is 71.8 Å². The summed E-state index contributed by atoms with van der Waals surface area (Å²) in [6, 6.07) is 0. The van der Waals surface area contributed by atoms with Gasteiger partial charge in [-0.05, 0) is 50.5 Å². The number of likely N-dealkylation sites (tertiary alicyclic amines) is 1. The Morgan fingerprint density at radius 3 is 2.81 bits per heavy atom. The maximum absolute atomic E-state index is 13.0. The minimum atomic E-state index is 0.160. The number of aromatic nitrogens is 1. The van der Waals surface area contributed by atoms with Gasteiger partial charge in [0, 0.05) is 50.1 Å². The van der Waals surface area contributed by atoms with E-state index < -0.39 is 0 Å². The van der Waals surface area contributed by atoms with E-state index in [1.54, 1.807) is 7.11 Å². The van der Waals surface area contributed by atoms with Gasteiger partial charge in [-0.1, -0.05) is 13.3 Å². The summed E-state index contributed by atoms with van der Waals surface area (Å²) < 4.78 is 7.61. The van der Waals surface area contributed by atoms with E-state index in [0.29, 0.717) is 25.4 Å². The molecule has 0 radical (unpaired) electrons. The Hall–Kier alpha value is -1.62. The van der Waals surface area contributed by atoms with Gasteiger partial charge in [0.05, 0.1) is 13.0 Å². The van der Waals surface area contributed by atoms with Gasteiger partial charge in [0.1, 0.15) is 0 Å². The lowest BCUT2D eigenvalue weighted by atomic mass is 9.91. The summed E-state index contributed by atoms with van der Waals surface area (Å²) >= 11 is 0. The number of nitrogens with zero attached hydrogens (tertiary/aromatic N) is 2. The van der Waals surface area contributed by atoms with Gasteiger partial charge in [-0.25, -0.2) is 0 Å². The number of ketones is 1. The van der Waals surface area contributed by atoms with E-state index in [-0.39, 0.29) is 11.7 Å². The van der Waals surface area contributed by atoms with Gasteiger partial charge in [0.15, 0.2) is 5.78 Å². The number of amides is 1. The van der Waals surface area contributed by atoms with Gasteiger partial charge in [-0.2, -0.15) is 0 Å². The fourth-order valence-electron chi connectivity index (χ4n) is 4.75. The monoisotopic (exact) mass is 374 g/mol. The summed E-state index contributed by atoms with van der Waals surface area (Å²) in [4.78, 5) is 27.7. The fraction of sp³-hybridized carbons (Fsp3) is 0.727. The molecule has 2 heterocycles. The number of rotatable bonds is 7. The number of carbonyl (C=O) groups excluding carboxylic acids is 2. The van der Waals surface area contributed by atoms with Crippen molar-refractivity contribution >= 4 is 11.7 Å². The first-order chi connectivity index (χ1) is 13.1. The van der Waals surface area contributed by atoms with Crippen molar-refractivity contribution in [3.63, 3.8) is 0 Å². The summed E-state index contributed by atoms with van der Waals surface area (Å²) in [6.45, 7) is 7.54. The topological polar surface area (TPSA) is 51.5 Å². The van der Waals surface area contributed by atoms with Crippen LogP contribution in [-0.4, -0.2) is 48.0 Å². The SMILES string of the molecule is CCCCn1c(C)c(CC(=O)N2CCC[C@@H](COC)C2)c2c1CCCC2=O. The minimum Gasteiger partial charge on any atom is -0.384 e. The van der Waals surface area contributed by atoms with Crippen LogP contribution in [0.5, 0.6) is 0 Å². The van der Waals surface area contributed by atoms with E-state index in [2.05, 4.69) is 18.4 Å². The lowest BCUT2D eigenvalue weighted by Gasteiger charge is -2.32. The molecule has 0 N–H and O–H groups in total. The first-order valence-electron chi connectivity index (χ1n) is 10.6. The minimum absolute atomic E-state index is 0.160. The summed E-state index contributed by atoms with van der Waals surface area (Å²) in [6.07, 6.45) is 7.26. The van der Waals surface area contributed by atoms with Gasteiger partial charge in [0.25, 0.3) is 0 Å². The molecule has 1 aromatic heterocycles. The molecule has 5 nitrogen and oxygen atoms in total. The summed E-state index contributed by atoms with van der Waals surface area (Å²) in [5.41, 5.74) is 4.16. The molecule has 1 aromatic rings. The third kappa shape index (κ3) is 4.29. The molecule has 0 spiro atoms. The maximum Gasteiger partial charge on any atom is 0.227 e. The van der Waals surface area contributed by atoms with Crippen LogP contribution in [-0.2, 0) is 28.9 Å². The van der Waals surface area contributed by atoms with Crippen LogP contribution in [0.2, 0.25) is 0 Å². The van der Waals surface area contributed by atoms with Crippen LogP contribution in [0.3, 0.4) is 0 Å². The Morgan fingerprint density at radius 1 is 1.26 bits per heavy atom. The predicted octanol–water partition coefficient (Wildman–Crippen LogP) is 3.54. The zero-order valence-electron chi connectivity index (χ0n) is 17.2. The molecule has 150 valence electrons. The molecule has 1 atom stereocenters. The molecule has 5 heteroatoms. The van der Waals surface area contributed by atoms with Crippen molar-refractivity contribution in [3.8, 4) is 0 Å². The molecule has 3 rings (SSSR count). The average Bonchev–Trinajstić information content (AvgIpc) is 2.93. The molecule has 1 aliphatic carbocycles. The Kier molecular flexibility index (Phi) is 6.74. The first kappa shape index (κ1) is 20.1. The van der Waals surface area contributed by atoms with Gasteiger partial charge in [-0.15, -0.1) is 0 Å². The van der Waals surface area contributed by atoms with Gasteiger partial charge >= 0.3 is 0 Å². The molecule has 1 amide bonds. The molecule has 0 unspecified atom stereocenters. The van der Waals surface area contributed by atoms with E-state index in [0.717, 1.165) is 75.0 Å². The van der Waals surface area contributed by atoms with Crippen LogP contribution in [0, 0.1) is 12.8 Å². The predicted molar refractivity (Wildman–Crippen MR) is 106 cm³/mol. The number of fused-ring (bicyclic) bond motifs is 1. The molecule has 0 saturated carbocycles. The quantitative estimate of drug-likeness (QED) is 0.733. The molecule has 0 aromatic carbocycles. The lowest BCUT2D eigenvalue weighted by Crippen LogP contribution is -2.42. The normalized spacial score (nSPS) is 20.0. The van der Waals surface area contributed by atoms with Crippen LogP contribution in [0.15, 0.2) is 0 Å². The number of hydrogen-bond acceptors (Lipinski definition) is 3. The van der Waals surface area contributed by atoms with Crippen LogP contribution >= 0.6 is 0 Å². The summed E-state index contributed by atoms with van der Waals surface area (Å²) in [5, 5.41) is 0. The highest BCUT2D eigenvalue weighted by Crippen LogP contribution is 2.31. The number of piperidine rings is 1. The van der Waals surface area contributed by atoms with Crippen LogP contribution in [0.1, 0.15) is 72.8 Å². The first-order valence-corrected chi connectivity index (χ1v) is 10.6. The van der Waals surface area contributed by atoms with Crippen molar-refractivity contribution in [3.05, 3.63) is 22.5 Å². The number of ether oxygens (including phenoxy) is 1. The third-order valence-electron chi connectivity index (χ3n) is 6.19. The van der Waals surface area contributed by atoms with Gasteiger partial charge < -0.3 is 14.2 Å². The number of methoxy groups -OCH3 is 1. The van der Waals surface area contributed by atoms with E-state index in [9.17, 15) is 9.59 Å². The average molecular weight is 375 g/mol. The summed E-state index contributed by atoms with van der Waals surface area (Å²) in [7, 11) is 1.72. The third-order valence-corrected chi connectivity index (χ3v) is 6.19. The standard InChI is InChI=1S/C22H34N2O3/c1-4-5-12-24-16(2)18(22-19(24)9-6-10-20(22)25)13-21(26)23-11-7-8-17(14-23)15-27-3/h17H,4-15H2,1-3H3/t17-/m1/s1. The molecule has 0 bridgehead atoms. The molecule has 2 aliphatic rings. The van der Waals surface area contributed by atoms with E-state index in [1.165, 1.54) is 5.69 Å². The van der Waals surface area contributed by atoms with Crippen LogP contribution in [0.25, 0.3) is 0 Å². The Morgan fingerprint density at radius 2 is 2.07 bits per heavy atom. The van der Waals surface area contributed by atoms with E-state index >= 15 is 0 Å². The van der Waals surface area contributed by atoms with Gasteiger partial charge in [0.2, 0.25) is 5.91 Å². The van der Waals surface area contributed by atoms with Crippen molar-refractivity contribution < 1.29 is 14.3 Å². The molecule has 1 aliphatic heterocycles. The fourth-order valence-corrected chi connectivity index (χ4v) is 4.75. The zero-order valence-corrected chi connectivity index (χ0v) is 17.2. The second-order valence-electron chi connectivity index (χ2n) is 8.15. The van der Waals surface area contributed by atoms with Crippen LogP contribution < -0.4 is 0 Å². The van der Waals surface area contributed by atoms with Gasteiger partial charge in [-0.3, -0.25) is 9.59 Å². The molecule has 27 heavy (non-hydrogen) atoms. The second-order valence-corrected chi connectivity index (χ2v) is 8.15. The van der Waals surface area contributed by atoms with E-state index in [1.807, 2.05) is 4.90 Å². The largest absolute Gasteiger partial charge is 0.384 e. The second kappa shape index (κ2) is 9.05. The number of Topliss-reactive ketones (excluding diaryl/α,β-unsaturated/α-hetero) is 1. The van der Waals surface area contributed by atoms with Crippen molar-refractivity contribution in [1.29, 1.82) is 0 Å². The Balaban J connectivity index is 1.82. The summed E-state index contributed by atoms with van der Waals surface area (Å²) in [5.74, 6) is 0.819. The smallest absolute Gasteiger partial charge is 0.227 e. The number of hydrogen-bond donors (Lipinski definition) is 0. The van der Waals surface area contributed by atoms with Crippen LogP contribution in [0.4, 0.5) is 0 Å².